The molecule has 0 spiro atoms. The lowest BCUT2D eigenvalue weighted by molar-refractivity contribution is -0.384. The number of ether oxygens (including phenoxy) is 1. The fraction of sp³-hybridized carbons (Fsp3) is 0.312. The highest BCUT2D eigenvalue weighted by atomic mass is 32.2. The van der Waals surface area contributed by atoms with E-state index in [4.69, 9.17) is 4.74 Å². The zero-order chi connectivity index (χ0) is 18.8. The van der Waals surface area contributed by atoms with Gasteiger partial charge in [-0.3, -0.25) is 19.8 Å². The number of hydrogen-bond acceptors (Lipinski definition) is 8. The van der Waals surface area contributed by atoms with Crippen LogP contribution in [-0.2, 0) is 25.7 Å². The first-order valence-corrected chi connectivity index (χ1v) is 8.60. The van der Waals surface area contributed by atoms with E-state index < -0.39 is 28.2 Å². The van der Waals surface area contributed by atoms with Crippen LogP contribution in [0.5, 0.6) is 0 Å². The van der Waals surface area contributed by atoms with Gasteiger partial charge >= 0.3 is 5.97 Å². The Morgan fingerprint density at radius 1 is 1.46 bits per heavy atom. The number of β-lactam (4-membered cyclic amide) rings is 1. The number of isocyanates is 1. The molecule has 0 radical (unpaired) electrons. The van der Waals surface area contributed by atoms with Crippen LogP contribution in [0.2, 0.25) is 0 Å². The first-order valence-electron chi connectivity index (χ1n) is 7.56. The topological polar surface area (TPSA) is 119 Å². The maximum absolute atomic E-state index is 12.5. The van der Waals surface area contributed by atoms with Crippen LogP contribution in [0.3, 0.4) is 0 Å². The number of benzene rings is 1. The van der Waals surface area contributed by atoms with Gasteiger partial charge in [0.1, 0.15) is 17.7 Å². The molecule has 0 N–H and O–H groups in total. The van der Waals surface area contributed by atoms with Crippen LogP contribution < -0.4 is 0 Å². The van der Waals surface area contributed by atoms with E-state index in [-0.39, 0.29) is 18.0 Å². The molecule has 0 saturated carbocycles. The molecule has 10 heteroatoms. The molecule has 3 rings (SSSR count). The number of non-ortho nitro benzene ring substituents is 1. The normalized spacial score (nSPS) is 21.4. The van der Waals surface area contributed by atoms with Gasteiger partial charge in [0.05, 0.1) is 4.92 Å². The quantitative estimate of drug-likeness (QED) is 0.191. The van der Waals surface area contributed by atoms with E-state index in [9.17, 15) is 24.5 Å². The predicted octanol–water partition coefficient (Wildman–Crippen LogP) is 1.53. The molecule has 9 nitrogen and oxygen atoms in total. The first-order chi connectivity index (χ1) is 12.4. The number of hydrogen-bond donors (Lipinski definition) is 0. The number of fused-ring (bicyclic) bond motifs is 1. The van der Waals surface area contributed by atoms with Crippen molar-refractivity contribution in [2.75, 3.05) is 5.75 Å². The summed E-state index contributed by atoms with van der Waals surface area (Å²) in [6.45, 7) is 1.65. The number of nitrogens with zero attached hydrogens (tertiary/aromatic N) is 3. The van der Waals surface area contributed by atoms with Crippen LogP contribution in [0, 0.1) is 10.1 Å². The summed E-state index contributed by atoms with van der Waals surface area (Å²) in [5.74, 6) is -0.582. The summed E-state index contributed by atoms with van der Waals surface area (Å²) in [5.41, 5.74) is 1.39. The van der Waals surface area contributed by atoms with Crippen molar-refractivity contribution in [3.63, 3.8) is 0 Å². The molecule has 0 aliphatic carbocycles. The molecular formula is C16H13N3O6S. The molecule has 0 aromatic heterocycles. The first kappa shape index (κ1) is 17.8. The van der Waals surface area contributed by atoms with E-state index in [1.54, 1.807) is 6.92 Å². The van der Waals surface area contributed by atoms with Gasteiger partial charge in [0.15, 0.2) is 6.04 Å². The van der Waals surface area contributed by atoms with Crippen molar-refractivity contribution < 1.29 is 24.0 Å². The molecule has 2 aliphatic rings. The molecule has 1 amide bonds. The summed E-state index contributed by atoms with van der Waals surface area (Å²) in [4.78, 5) is 49.9. The predicted molar refractivity (Wildman–Crippen MR) is 90.6 cm³/mol. The van der Waals surface area contributed by atoms with Crippen molar-refractivity contribution in [2.24, 2.45) is 4.99 Å². The number of amides is 1. The number of rotatable bonds is 5. The maximum atomic E-state index is 12.5. The highest BCUT2D eigenvalue weighted by Gasteiger charge is 2.53. The summed E-state index contributed by atoms with van der Waals surface area (Å²) in [5, 5.41) is 10.2. The van der Waals surface area contributed by atoms with Crippen LogP contribution in [0.25, 0.3) is 0 Å². The maximum Gasteiger partial charge on any atom is 0.355 e. The third-order valence-corrected chi connectivity index (χ3v) is 5.44. The van der Waals surface area contributed by atoms with Gasteiger partial charge in [-0.15, -0.1) is 11.8 Å². The molecule has 1 saturated heterocycles. The van der Waals surface area contributed by atoms with Crippen molar-refractivity contribution in [2.45, 2.75) is 24.9 Å². The minimum absolute atomic E-state index is 0.0567. The van der Waals surface area contributed by atoms with Gasteiger partial charge in [-0.25, -0.2) is 9.59 Å². The van der Waals surface area contributed by atoms with Gasteiger partial charge in [0.2, 0.25) is 6.08 Å². The van der Waals surface area contributed by atoms with Crippen molar-refractivity contribution in [1.29, 1.82) is 0 Å². The van der Waals surface area contributed by atoms with Gasteiger partial charge in [-0.1, -0.05) is 0 Å². The largest absolute Gasteiger partial charge is 0.456 e. The molecule has 1 aromatic carbocycles. The molecule has 26 heavy (non-hydrogen) atoms. The Morgan fingerprint density at radius 2 is 2.15 bits per heavy atom. The average molecular weight is 375 g/mol. The Bertz CT molecular complexity index is 859. The van der Waals surface area contributed by atoms with Crippen LogP contribution in [0.4, 0.5) is 5.69 Å². The Balaban J connectivity index is 1.70. The molecule has 1 aromatic rings. The minimum atomic E-state index is -0.817. The Kier molecular flexibility index (Phi) is 4.88. The zero-order valence-corrected chi connectivity index (χ0v) is 14.4. The number of esters is 1. The standard InChI is InChI=1S/C16H13N3O6S/c1-9-7-26-15-12(17-8-20)14(21)18(15)13(9)16(22)25-6-10-2-4-11(5-3-10)19(23)24/h2-5,12,15H,6-7H2,1H3/t12-,15-/m1/s1. The van der Waals surface area contributed by atoms with Gasteiger partial charge in [0, 0.05) is 17.9 Å². The van der Waals surface area contributed by atoms with E-state index in [0.717, 1.165) is 0 Å². The lowest BCUT2D eigenvalue weighted by Gasteiger charge is -2.47. The summed E-state index contributed by atoms with van der Waals surface area (Å²) < 4.78 is 5.26. The summed E-state index contributed by atoms with van der Waals surface area (Å²) in [7, 11) is 0. The monoisotopic (exact) mass is 375 g/mol. The smallest absolute Gasteiger partial charge is 0.355 e. The van der Waals surface area contributed by atoms with E-state index in [0.29, 0.717) is 16.9 Å². The molecule has 0 unspecified atom stereocenters. The fourth-order valence-electron chi connectivity index (χ4n) is 2.72. The van der Waals surface area contributed by atoms with Gasteiger partial charge in [0.25, 0.3) is 11.6 Å². The number of carbonyl (C=O) groups is 2. The van der Waals surface area contributed by atoms with Crippen molar-refractivity contribution >= 4 is 35.4 Å². The second kappa shape index (κ2) is 7.11. The van der Waals surface area contributed by atoms with E-state index in [2.05, 4.69) is 4.99 Å². The summed E-state index contributed by atoms with van der Waals surface area (Å²) in [6.07, 6.45) is 1.38. The fourth-order valence-corrected chi connectivity index (χ4v) is 3.99. The van der Waals surface area contributed by atoms with Crippen LogP contribution in [-0.4, -0.2) is 44.9 Å². The third kappa shape index (κ3) is 3.12. The van der Waals surface area contributed by atoms with Crippen molar-refractivity contribution in [3.8, 4) is 0 Å². The SMILES string of the molecule is CC1=C(C(=O)OCc2ccc([N+](=O)[O-])cc2)N2C(=O)[C@@H](N=C=O)[C@H]2SC1. The van der Waals surface area contributed by atoms with Crippen molar-refractivity contribution in [3.05, 3.63) is 51.2 Å². The molecule has 134 valence electrons. The number of carbonyl (C=O) groups excluding carboxylic acids is 3. The number of thioether (sulfide) groups is 1. The van der Waals surface area contributed by atoms with Gasteiger partial charge in [-0.05, 0) is 30.2 Å². The zero-order valence-electron chi connectivity index (χ0n) is 13.6. The lowest BCUT2D eigenvalue weighted by atomic mass is 10.0. The Hall–Kier alpha value is -2.97. The molecule has 0 bridgehead atoms. The number of nitro benzene ring substituents is 1. The molecule has 1 fully saturated rings. The van der Waals surface area contributed by atoms with E-state index in [1.165, 1.54) is 47.0 Å². The third-order valence-electron chi connectivity index (χ3n) is 4.03. The van der Waals surface area contributed by atoms with Crippen LogP contribution in [0.15, 0.2) is 40.5 Å². The summed E-state index contributed by atoms with van der Waals surface area (Å²) in [6, 6.07) is 4.82. The Morgan fingerprint density at radius 3 is 2.77 bits per heavy atom. The second-order valence-corrected chi connectivity index (χ2v) is 6.81. The number of nitro groups is 1. The van der Waals surface area contributed by atoms with E-state index in [1.807, 2.05) is 0 Å². The van der Waals surface area contributed by atoms with Gasteiger partial charge in [-0.2, -0.15) is 4.99 Å². The lowest BCUT2D eigenvalue weighted by Crippen LogP contribution is -2.64. The average Bonchev–Trinajstić information content (AvgIpc) is 2.64. The highest BCUT2D eigenvalue weighted by molar-refractivity contribution is 8.00. The van der Waals surface area contributed by atoms with Crippen molar-refractivity contribution in [1.82, 2.24) is 4.90 Å². The molecular weight excluding hydrogens is 362 g/mol. The van der Waals surface area contributed by atoms with Crippen LogP contribution >= 0.6 is 11.8 Å². The van der Waals surface area contributed by atoms with E-state index >= 15 is 0 Å². The molecule has 2 aliphatic heterocycles. The Labute approximate surface area is 151 Å². The highest BCUT2D eigenvalue weighted by Crippen LogP contribution is 2.41. The van der Waals surface area contributed by atoms with Crippen LogP contribution in [0.1, 0.15) is 12.5 Å². The summed E-state index contributed by atoms with van der Waals surface area (Å²) >= 11 is 1.42. The minimum Gasteiger partial charge on any atom is -0.456 e. The van der Waals surface area contributed by atoms with Gasteiger partial charge < -0.3 is 4.74 Å². The molecule has 2 heterocycles. The molecule has 2 atom stereocenters. The number of aliphatic imine (C=N–C) groups is 1. The second-order valence-electron chi connectivity index (χ2n) is 5.70.